The minimum absolute atomic E-state index is 0.000793. The summed E-state index contributed by atoms with van der Waals surface area (Å²) >= 11 is 3.33. The van der Waals surface area contributed by atoms with E-state index in [9.17, 15) is 4.79 Å². The van der Waals surface area contributed by atoms with Gasteiger partial charge < -0.3 is 10.2 Å². The lowest BCUT2D eigenvalue weighted by Gasteiger charge is -2.23. The van der Waals surface area contributed by atoms with E-state index in [0.29, 0.717) is 6.54 Å². The van der Waals surface area contributed by atoms with Crippen molar-refractivity contribution in [3.8, 4) is 0 Å². The van der Waals surface area contributed by atoms with Gasteiger partial charge in [-0.2, -0.15) is 0 Å². The zero-order valence-electron chi connectivity index (χ0n) is 12.6. The van der Waals surface area contributed by atoms with Gasteiger partial charge in [0.25, 0.3) is 5.91 Å². The lowest BCUT2D eigenvalue weighted by atomic mass is 10.1. The number of likely N-dealkylation sites (N-methyl/N-ethyl adjacent to an activating group) is 1. The fourth-order valence-corrected chi connectivity index (χ4v) is 4.32. The molecule has 0 saturated carbocycles. The number of hydrogen-bond donors (Lipinski definition) is 1. The molecule has 3 rings (SSSR count). The molecule has 0 fully saturated rings. The van der Waals surface area contributed by atoms with E-state index in [1.807, 2.05) is 49.8 Å². The van der Waals surface area contributed by atoms with Crippen LogP contribution in [-0.4, -0.2) is 31.4 Å². The fraction of sp³-hybridized carbons (Fsp3) is 0.235. The molecule has 1 unspecified atom stereocenters. The summed E-state index contributed by atoms with van der Waals surface area (Å²) in [6, 6.07) is 12.4. The third-order valence-electron chi connectivity index (χ3n) is 3.68. The van der Waals surface area contributed by atoms with Crippen LogP contribution in [0, 0.1) is 0 Å². The van der Waals surface area contributed by atoms with Gasteiger partial charge in [-0.15, -0.1) is 22.7 Å². The Morgan fingerprint density at radius 1 is 1.18 bits per heavy atom. The van der Waals surface area contributed by atoms with Crippen molar-refractivity contribution in [3.63, 3.8) is 0 Å². The second-order valence-electron chi connectivity index (χ2n) is 5.35. The number of carbonyl (C=O) groups is 1. The Balaban J connectivity index is 1.74. The molecule has 114 valence electrons. The number of nitrogens with one attached hydrogen (secondary N) is 1. The Bertz CT molecular complexity index is 762. The molecular weight excluding hydrogens is 312 g/mol. The van der Waals surface area contributed by atoms with E-state index in [2.05, 4.69) is 21.7 Å². The van der Waals surface area contributed by atoms with E-state index in [1.54, 1.807) is 22.7 Å². The van der Waals surface area contributed by atoms with Crippen LogP contribution in [-0.2, 0) is 0 Å². The maximum Gasteiger partial charge on any atom is 0.252 e. The van der Waals surface area contributed by atoms with Gasteiger partial charge in [0, 0.05) is 26.9 Å². The van der Waals surface area contributed by atoms with Crippen molar-refractivity contribution < 1.29 is 4.79 Å². The Morgan fingerprint density at radius 2 is 2.00 bits per heavy atom. The second-order valence-corrected chi connectivity index (χ2v) is 7.24. The molecule has 5 heteroatoms. The lowest BCUT2D eigenvalue weighted by molar-refractivity contribution is 0.0944. The molecule has 1 amide bonds. The molecule has 0 aliphatic rings. The standard InChI is InChI=1S/C17H18N2OS2/c1-19(2)14(16-8-5-9-21-16)10-18-17(20)13-11-22-15-7-4-3-6-12(13)15/h3-9,11,14H,10H2,1-2H3,(H,18,20). The van der Waals surface area contributed by atoms with Gasteiger partial charge in [-0.3, -0.25) is 4.79 Å². The van der Waals surface area contributed by atoms with E-state index in [-0.39, 0.29) is 11.9 Å². The number of hydrogen-bond acceptors (Lipinski definition) is 4. The van der Waals surface area contributed by atoms with Gasteiger partial charge in [0.1, 0.15) is 0 Å². The zero-order valence-corrected chi connectivity index (χ0v) is 14.2. The number of rotatable bonds is 5. The van der Waals surface area contributed by atoms with Crippen molar-refractivity contribution in [2.24, 2.45) is 0 Å². The van der Waals surface area contributed by atoms with E-state index < -0.39 is 0 Å². The number of amides is 1. The predicted molar refractivity (Wildman–Crippen MR) is 94.9 cm³/mol. The maximum absolute atomic E-state index is 12.5. The molecule has 1 aromatic carbocycles. The normalized spacial score (nSPS) is 12.7. The topological polar surface area (TPSA) is 32.3 Å². The lowest BCUT2D eigenvalue weighted by Crippen LogP contribution is -2.34. The monoisotopic (exact) mass is 330 g/mol. The second kappa shape index (κ2) is 6.60. The predicted octanol–water partition coefficient (Wildman–Crippen LogP) is 4.00. The summed E-state index contributed by atoms with van der Waals surface area (Å²) in [4.78, 5) is 15.9. The quantitative estimate of drug-likeness (QED) is 0.767. The van der Waals surface area contributed by atoms with E-state index >= 15 is 0 Å². The highest BCUT2D eigenvalue weighted by atomic mass is 32.1. The first-order valence-corrected chi connectivity index (χ1v) is 8.87. The van der Waals surface area contributed by atoms with E-state index in [0.717, 1.165) is 15.6 Å². The summed E-state index contributed by atoms with van der Waals surface area (Å²) in [5.41, 5.74) is 0.768. The maximum atomic E-state index is 12.5. The average Bonchev–Trinajstić information content (AvgIpc) is 3.16. The van der Waals surface area contributed by atoms with Crippen molar-refractivity contribution in [3.05, 3.63) is 57.6 Å². The van der Waals surface area contributed by atoms with Gasteiger partial charge in [-0.1, -0.05) is 24.3 Å². The Kier molecular flexibility index (Phi) is 4.57. The van der Waals surface area contributed by atoms with E-state index in [4.69, 9.17) is 0 Å². The molecule has 0 aliphatic heterocycles. The largest absolute Gasteiger partial charge is 0.350 e. The number of thiophene rings is 2. The molecule has 0 aliphatic carbocycles. The molecular formula is C17H18N2OS2. The minimum atomic E-state index is 0.000793. The van der Waals surface area contributed by atoms with Crippen LogP contribution < -0.4 is 5.32 Å². The molecule has 0 radical (unpaired) electrons. The number of carbonyl (C=O) groups excluding carboxylic acids is 1. The van der Waals surface area contributed by atoms with Gasteiger partial charge in [0.05, 0.1) is 11.6 Å². The Labute approximate surface area is 138 Å². The summed E-state index contributed by atoms with van der Waals surface area (Å²) in [7, 11) is 4.08. The van der Waals surface area contributed by atoms with Crippen LogP contribution in [0.3, 0.4) is 0 Å². The van der Waals surface area contributed by atoms with Crippen LogP contribution in [0.2, 0.25) is 0 Å². The summed E-state index contributed by atoms with van der Waals surface area (Å²) < 4.78 is 1.15. The Hall–Kier alpha value is -1.69. The van der Waals surface area contributed by atoms with Crippen molar-refractivity contribution >= 4 is 38.7 Å². The first kappa shape index (κ1) is 15.2. The summed E-state index contributed by atoms with van der Waals surface area (Å²) in [6.07, 6.45) is 0. The van der Waals surface area contributed by atoms with Crippen LogP contribution in [0.5, 0.6) is 0 Å². The van der Waals surface area contributed by atoms with Crippen LogP contribution >= 0.6 is 22.7 Å². The van der Waals surface area contributed by atoms with Gasteiger partial charge in [-0.05, 0) is 31.6 Å². The highest BCUT2D eigenvalue weighted by Gasteiger charge is 2.18. The summed E-state index contributed by atoms with van der Waals surface area (Å²) in [6.45, 7) is 0.608. The molecule has 1 N–H and O–H groups in total. The van der Waals surface area contributed by atoms with Gasteiger partial charge >= 0.3 is 0 Å². The Morgan fingerprint density at radius 3 is 2.73 bits per heavy atom. The molecule has 3 aromatic rings. The first-order valence-electron chi connectivity index (χ1n) is 7.11. The number of fused-ring (bicyclic) bond motifs is 1. The molecule has 0 bridgehead atoms. The molecule has 2 aromatic heterocycles. The number of nitrogens with zero attached hydrogens (tertiary/aromatic N) is 1. The van der Waals surface area contributed by atoms with Crippen molar-refractivity contribution in [2.75, 3.05) is 20.6 Å². The van der Waals surface area contributed by atoms with E-state index in [1.165, 1.54) is 4.88 Å². The molecule has 1 atom stereocenters. The van der Waals surface area contributed by atoms with Gasteiger partial charge in [0.15, 0.2) is 0 Å². The molecule has 3 nitrogen and oxygen atoms in total. The third-order valence-corrected chi connectivity index (χ3v) is 5.61. The van der Waals surface area contributed by atoms with Crippen molar-refractivity contribution in [1.82, 2.24) is 10.2 Å². The van der Waals surface area contributed by atoms with Crippen molar-refractivity contribution in [2.45, 2.75) is 6.04 Å². The minimum Gasteiger partial charge on any atom is -0.350 e. The molecule has 22 heavy (non-hydrogen) atoms. The van der Waals surface area contributed by atoms with Crippen LogP contribution in [0.15, 0.2) is 47.2 Å². The van der Waals surface area contributed by atoms with Crippen LogP contribution in [0.25, 0.3) is 10.1 Å². The van der Waals surface area contributed by atoms with Crippen LogP contribution in [0.4, 0.5) is 0 Å². The van der Waals surface area contributed by atoms with Crippen LogP contribution in [0.1, 0.15) is 21.3 Å². The molecule has 0 saturated heterocycles. The average molecular weight is 330 g/mol. The van der Waals surface area contributed by atoms with Crippen molar-refractivity contribution in [1.29, 1.82) is 0 Å². The SMILES string of the molecule is CN(C)C(CNC(=O)c1csc2ccccc12)c1cccs1. The number of benzene rings is 1. The summed E-state index contributed by atoms with van der Waals surface area (Å²) in [5.74, 6) is 0.000793. The zero-order chi connectivity index (χ0) is 15.5. The smallest absolute Gasteiger partial charge is 0.252 e. The highest BCUT2D eigenvalue weighted by Crippen LogP contribution is 2.26. The first-order chi connectivity index (χ1) is 10.7. The highest BCUT2D eigenvalue weighted by molar-refractivity contribution is 7.17. The molecule has 2 heterocycles. The fourth-order valence-electron chi connectivity index (χ4n) is 2.46. The summed E-state index contributed by atoms with van der Waals surface area (Å²) in [5, 5.41) is 8.12. The molecule has 0 spiro atoms. The van der Waals surface area contributed by atoms with Gasteiger partial charge in [-0.25, -0.2) is 0 Å². The van der Waals surface area contributed by atoms with Gasteiger partial charge in [0.2, 0.25) is 0 Å². The third kappa shape index (κ3) is 3.06.